The zero-order valence-electron chi connectivity index (χ0n) is 57.2. The first kappa shape index (κ1) is 77.1. The maximum absolute atomic E-state index is 15.1. The van der Waals surface area contributed by atoms with Gasteiger partial charge < -0.3 is 62.1 Å². The molecule has 4 aromatic carbocycles. The number of morpholine rings is 6. The quantitative estimate of drug-likeness (QED) is 0.0309. The highest BCUT2D eigenvalue weighted by atomic mass is 32.2. The SMILES string of the molecule is BC1CN(C(=O)OCCCOc2cc(S(=O)(=O)N3CCOCC3)c3ccc4c(S(=O)(=O)N5CCOCC5)cc(S(=O)(=O)N5CCOCC5)c5ccc2c3c54)CC(COP(=O)(N(C)C)N2CC(B)OC(COP(=O)(N(C)C)N3CC(B)OC(COP(=O)(N(C)C)N(C)CC(N)=O)C3)C2)O1. The van der Waals surface area contributed by atoms with Crippen LogP contribution in [0, 0.1) is 0 Å². The van der Waals surface area contributed by atoms with Gasteiger partial charge in [0.05, 0.1) is 119 Å². The number of primary amides is 1. The van der Waals surface area contributed by atoms with Crippen molar-refractivity contribution in [3.8, 4) is 5.75 Å². The summed E-state index contributed by atoms with van der Waals surface area (Å²) in [5.41, 5.74) is 5.39. The van der Waals surface area contributed by atoms with Crippen molar-refractivity contribution in [3.05, 3.63) is 36.4 Å². The number of hydrogen-bond donors (Lipinski definition) is 1. The molecular weight excluding hydrogens is 1400 g/mol. The van der Waals surface area contributed by atoms with Crippen LogP contribution >= 0.6 is 23.0 Å². The third kappa shape index (κ3) is 16.5. The molecule has 6 aliphatic rings. The molecule has 0 aromatic heterocycles. The first-order valence-electron chi connectivity index (χ1n) is 32.6. The first-order chi connectivity index (χ1) is 46.3. The van der Waals surface area contributed by atoms with E-state index in [0.29, 0.717) is 5.39 Å². The molecule has 6 heterocycles. The topological polar surface area (TPSA) is 348 Å². The molecule has 98 heavy (non-hydrogen) atoms. The highest BCUT2D eigenvalue weighted by molar-refractivity contribution is 7.90. The average molecular weight is 1490 g/mol. The summed E-state index contributed by atoms with van der Waals surface area (Å²) in [4.78, 5) is 26.4. The van der Waals surface area contributed by atoms with E-state index in [0.717, 1.165) is 0 Å². The smallest absolute Gasteiger partial charge is 0.409 e. The van der Waals surface area contributed by atoms with Crippen molar-refractivity contribution in [1.29, 1.82) is 0 Å². The lowest BCUT2D eigenvalue weighted by Gasteiger charge is -2.44. The molecule has 6 saturated heterocycles. The highest BCUT2D eigenvalue weighted by Gasteiger charge is 2.47. The van der Waals surface area contributed by atoms with Gasteiger partial charge in [0.2, 0.25) is 36.0 Å². The van der Waals surface area contributed by atoms with E-state index in [1.165, 1.54) is 61.7 Å². The Labute approximate surface area is 576 Å². The van der Waals surface area contributed by atoms with Crippen molar-refractivity contribution in [2.45, 2.75) is 57.4 Å². The number of rotatable bonds is 28. The van der Waals surface area contributed by atoms with Gasteiger partial charge in [0.25, 0.3) is 0 Å². The molecule has 6 fully saturated rings. The Morgan fingerprint density at radius 2 is 0.918 bits per heavy atom. The van der Waals surface area contributed by atoms with E-state index in [1.807, 2.05) is 15.7 Å². The van der Waals surface area contributed by atoms with Gasteiger partial charge in [-0.3, -0.25) is 18.5 Å². The molecule has 10 rings (SSSR count). The second-order valence-corrected chi connectivity index (χ2v) is 39.4. The van der Waals surface area contributed by atoms with Gasteiger partial charge in [0.15, 0.2) is 0 Å². The van der Waals surface area contributed by atoms with Crippen LogP contribution in [0.1, 0.15) is 6.42 Å². The van der Waals surface area contributed by atoms with Gasteiger partial charge in [-0.2, -0.15) is 12.9 Å². The number of benzene rings is 4. The van der Waals surface area contributed by atoms with Gasteiger partial charge in [-0.1, -0.05) is 18.2 Å². The fourth-order valence-corrected chi connectivity index (χ4v) is 23.9. The number of ether oxygens (including phenoxy) is 8. The van der Waals surface area contributed by atoms with Crippen molar-refractivity contribution in [2.75, 3.05) is 207 Å². The van der Waals surface area contributed by atoms with Gasteiger partial charge >= 0.3 is 29.1 Å². The van der Waals surface area contributed by atoms with Crippen LogP contribution in [0.2, 0.25) is 0 Å². The predicted octanol–water partition coefficient (Wildman–Crippen LogP) is -0.992. The van der Waals surface area contributed by atoms with Crippen LogP contribution < -0.4 is 10.5 Å². The normalized spacial score (nSPS) is 25.7. The minimum atomic E-state index is -4.38. The number of hydrogen-bond acceptors (Lipinski definition) is 22. The van der Waals surface area contributed by atoms with Crippen LogP contribution in [0.4, 0.5) is 4.79 Å². The van der Waals surface area contributed by atoms with Crippen LogP contribution in [0.15, 0.2) is 51.1 Å². The van der Waals surface area contributed by atoms with Crippen LogP contribution in [0.3, 0.4) is 0 Å². The van der Waals surface area contributed by atoms with Gasteiger partial charge in [-0.15, -0.1) is 0 Å². The average Bonchev–Trinajstić information content (AvgIpc) is 0.699. The summed E-state index contributed by atoms with van der Waals surface area (Å²) < 4.78 is 212. The lowest BCUT2D eigenvalue weighted by molar-refractivity contribution is -0.118. The summed E-state index contributed by atoms with van der Waals surface area (Å²) in [7, 11) is -7.91. The fraction of sp³-hybridized carbons (Fsp3) is 0.679. The zero-order valence-corrected chi connectivity index (χ0v) is 62.3. The summed E-state index contributed by atoms with van der Waals surface area (Å²) in [5, 5.41) is 1.48. The highest BCUT2D eigenvalue weighted by Crippen LogP contribution is 2.57. The van der Waals surface area contributed by atoms with Crippen molar-refractivity contribution in [3.63, 3.8) is 0 Å². The van der Waals surface area contributed by atoms with Crippen LogP contribution in [-0.4, -0.2) is 350 Å². The van der Waals surface area contributed by atoms with Crippen LogP contribution in [-0.2, 0) is 95.3 Å². The number of sulfonamides is 3. The van der Waals surface area contributed by atoms with E-state index in [4.69, 9.17) is 57.2 Å². The molecule has 0 aliphatic carbocycles. The number of carbonyl (C=O) groups excluding carboxylic acids is 2. The second-order valence-electron chi connectivity index (χ2n) is 25.7. The standard InChI is InChI=1S/C56H91B3N11O22P3S3/c1-61(2)93(73,64(7)35-53(60)71)87-37-40-30-66(33-51(58)91-40)95(75,63(5)6)89-38-41-31-67(34-52(59)92-41)94(74,62(3)4)88-36-39-29-65(32-50(57)90-39)56(72)86-20-8-19-85-46-27-47(96(76,77)68-13-21-82-22-14-68)43-11-12-45-49(98(80,81)70-17-25-84-26-18-70)28-48(44-10-9-42(46)54(43)55(44)45)97(78,79)69-15-23-83-24-16-69/h9-12,27-28,39-41,50-52H,8,13-26,29-38,57-59H2,1-7H3,(H2,60,71). The molecule has 2 amide bonds. The Morgan fingerprint density at radius 1 is 0.531 bits per heavy atom. The van der Waals surface area contributed by atoms with E-state index in [2.05, 4.69) is 0 Å². The van der Waals surface area contributed by atoms with Crippen LogP contribution in [0.25, 0.3) is 32.3 Å². The minimum Gasteiger partial charge on any atom is -0.493 e. The third-order valence-corrected chi connectivity index (χ3v) is 31.2. The maximum atomic E-state index is 15.1. The molecule has 0 radical (unpaired) electrons. The number of likely N-dealkylation sites (N-methyl/N-ethyl adjacent to an activating group) is 1. The Bertz CT molecular complexity index is 3950. The lowest BCUT2D eigenvalue weighted by atomic mass is 9.93. The molecule has 2 N–H and O–H groups in total. The molecule has 6 aliphatic heterocycles. The van der Waals surface area contributed by atoms with Gasteiger partial charge in [-0.25, -0.2) is 58.1 Å². The maximum Gasteiger partial charge on any atom is 0.409 e. The van der Waals surface area contributed by atoms with E-state index in [-0.39, 0.29) is 212 Å². The Balaban J connectivity index is 0.805. The third-order valence-electron chi connectivity index (χ3n) is 17.8. The summed E-state index contributed by atoms with van der Waals surface area (Å²) in [6.45, 7) is 0.752. The molecule has 33 nitrogen and oxygen atoms in total. The summed E-state index contributed by atoms with van der Waals surface area (Å²) >= 11 is 0. The van der Waals surface area contributed by atoms with Gasteiger partial charge in [-0.05, 0) is 61.5 Å². The molecule has 9 unspecified atom stereocenters. The minimum absolute atomic E-state index is 0.0192. The summed E-state index contributed by atoms with van der Waals surface area (Å²) in [6, 6.07) is 7.56. The van der Waals surface area contributed by atoms with Crippen molar-refractivity contribution >= 4 is 121 Å². The van der Waals surface area contributed by atoms with Crippen molar-refractivity contribution < 1.29 is 100 Å². The molecular formula is C56H91B3N11O22P3S3. The van der Waals surface area contributed by atoms with Crippen molar-refractivity contribution in [2.24, 2.45) is 5.73 Å². The second kappa shape index (κ2) is 31.8. The first-order valence-corrected chi connectivity index (χ1v) is 41.5. The Morgan fingerprint density at radius 3 is 1.34 bits per heavy atom. The number of nitrogens with two attached hydrogens (primary N) is 1. The summed E-state index contributed by atoms with van der Waals surface area (Å²) in [5.74, 6) is -0.578. The molecule has 0 saturated carbocycles. The Kier molecular flexibility index (Phi) is 25.0. The monoisotopic (exact) mass is 1490 g/mol. The van der Waals surface area contributed by atoms with Gasteiger partial charge in [0, 0.05) is 135 Å². The molecule has 0 spiro atoms. The lowest BCUT2D eigenvalue weighted by Crippen LogP contribution is -2.53. The number of amides is 2. The fourth-order valence-electron chi connectivity index (χ4n) is 13.1. The van der Waals surface area contributed by atoms with Gasteiger partial charge in [0.1, 0.15) is 29.3 Å². The summed E-state index contributed by atoms with van der Waals surface area (Å²) in [6.07, 6.45) is -2.70. The van der Waals surface area contributed by atoms with E-state index in [9.17, 15) is 44.0 Å². The zero-order chi connectivity index (χ0) is 70.9. The molecule has 9 atom stereocenters. The van der Waals surface area contributed by atoms with E-state index >= 15 is 4.57 Å². The number of carbonyl (C=O) groups is 2. The van der Waals surface area contributed by atoms with Crippen LogP contribution in [0.5, 0.6) is 5.75 Å². The predicted molar refractivity (Wildman–Crippen MR) is 370 cm³/mol. The molecule has 4 aromatic rings. The Hall–Kier alpha value is -3.53. The largest absolute Gasteiger partial charge is 0.493 e. The van der Waals surface area contributed by atoms with Crippen molar-refractivity contribution in [1.82, 2.24) is 45.8 Å². The molecule has 0 bridgehead atoms. The van der Waals surface area contributed by atoms with E-state index in [1.54, 1.807) is 77.7 Å². The number of nitrogens with zero attached hydrogens (tertiary/aromatic N) is 10. The van der Waals surface area contributed by atoms with E-state index < -0.39 is 101 Å². The molecule has 544 valence electrons. The molecule has 42 heteroatoms.